The van der Waals surface area contributed by atoms with E-state index in [1.165, 1.54) is 0 Å². The van der Waals surface area contributed by atoms with Crippen LogP contribution >= 0.6 is 0 Å². The molecule has 0 saturated carbocycles. The maximum Gasteiger partial charge on any atom is 0.173 e. The summed E-state index contributed by atoms with van der Waals surface area (Å²) in [6, 6.07) is 9.04. The molecule has 1 aromatic carbocycles. The average Bonchev–Trinajstić information content (AvgIpc) is 2.16. The predicted octanol–water partition coefficient (Wildman–Crippen LogP) is 2.51. The highest BCUT2D eigenvalue weighted by atomic mass is 16.3. The monoisotopic (exact) mass is 206 g/mol. The Labute approximate surface area is 90.9 Å². The molecule has 15 heavy (non-hydrogen) atoms. The lowest BCUT2D eigenvalue weighted by Crippen LogP contribution is -2.40. The Bertz CT molecular complexity index is 345. The first-order valence-corrected chi connectivity index (χ1v) is 5.09. The van der Waals surface area contributed by atoms with Gasteiger partial charge in [-0.25, -0.2) is 0 Å². The fourth-order valence-corrected chi connectivity index (χ4v) is 1.62. The molecular weight excluding hydrogens is 188 g/mol. The number of hydrogen-bond acceptors (Lipinski definition) is 2. The fourth-order valence-electron chi connectivity index (χ4n) is 1.62. The van der Waals surface area contributed by atoms with Gasteiger partial charge in [-0.1, -0.05) is 51.1 Å². The molecule has 1 atom stereocenters. The van der Waals surface area contributed by atoms with Gasteiger partial charge >= 0.3 is 0 Å². The van der Waals surface area contributed by atoms with E-state index in [1.807, 2.05) is 39.0 Å². The topological polar surface area (TPSA) is 37.3 Å². The highest BCUT2D eigenvalue weighted by Crippen LogP contribution is 2.30. The highest BCUT2D eigenvalue weighted by molar-refractivity contribution is 5.92. The third-order valence-electron chi connectivity index (χ3n) is 2.46. The Morgan fingerprint density at radius 1 is 1.07 bits per heavy atom. The summed E-state index contributed by atoms with van der Waals surface area (Å²) in [7, 11) is 0. The zero-order chi connectivity index (χ0) is 11.7. The van der Waals surface area contributed by atoms with Gasteiger partial charge < -0.3 is 5.11 Å². The van der Waals surface area contributed by atoms with E-state index < -0.39 is 11.0 Å². The molecule has 0 spiro atoms. The van der Waals surface area contributed by atoms with Crippen molar-refractivity contribution in [2.24, 2.45) is 5.41 Å². The normalized spacial score (nSPS) is 15.8. The molecule has 0 aliphatic rings. The van der Waals surface area contributed by atoms with Crippen LogP contribution in [0.15, 0.2) is 30.3 Å². The van der Waals surface area contributed by atoms with E-state index in [0.29, 0.717) is 5.56 Å². The van der Waals surface area contributed by atoms with Crippen LogP contribution in [-0.2, 0) is 10.4 Å². The number of carbonyl (C=O) groups is 1. The van der Waals surface area contributed by atoms with Gasteiger partial charge in [-0.2, -0.15) is 0 Å². The zero-order valence-corrected chi connectivity index (χ0v) is 9.74. The lowest BCUT2D eigenvalue weighted by molar-refractivity contribution is -0.144. The van der Waals surface area contributed by atoms with Crippen LogP contribution in [0.25, 0.3) is 0 Å². The summed E-state index contributed by atoms with van der Waals surface area (Å²) in [6.45, 7) is 6.99. The van der Waals surface area contributed by atoms with Crippen LogP contribution in [0.5, 0.6) is 0 Å². The third-order valence-corrected chi connectivity index (χ3v) is 2.46. The molecule has 0 aromatic heterocycles. The molecule has 0 aliphatic heterocycles. The summed E-state index contributed by atoms with van der Waals surface area (Å²) in [5.41, 5.74) is -1.30. The highest BCUT2D eigenvalue weighted by Gasteiger charge is 2.39. The second-order valence-electron chi connectivity index (χ2n) is 5.02. The SMILES string of the molecule is CC(C)(C)C(=O)[C@@](C)(O)c1ccccc1. The van der Waals surface area contributed by atoms with Gasteiger partial charge in [0.1, 0.15) is 5.60 Å². The number of benzene rings is 1. The van der Waals surface area contributed by atoms with Gasteiger partial charge in [-0.15, -0.1) is 0 Å². The van der Waals surface area contributed by atoms with Gasteiger partial charge in [-0.05, 0) is 12.5 Å². The van der Waals surface area contributed by atoms with Crippen molar-refractivity contribution in [1.82, 2.24) is 0 Å². The summed E-state index contributed by atoms with van der Waals surface area (Å²) in [6.07, 6.45) is 0. The van der Waals surface area contributed by atoms with Crippen LogP contribution < -0.4 is 0 Å². The number of hydrogen-bond donors (Lipinski definition) is 1. The van der Waals surface area contributed by atoms with E-state index in [-0.39, 0.29) is 5.78 Å². The molecule has 0 aliphatic carbocycles. The minimum atomic E-state index is -1.40. The lowest BCUT2D eigenvalue weighted by Gasteiger charge is -2.29. The summed E-state index contributed by atoms with van der Waals surface area (Å²) in [5, 5.41) is 10.2. The van der Waals surface area contributed by atoms with Gasteiger partial charge in [0.05, 0.1) is 0 Å². The molecule has 0 heterocycles. The Morgan fingerprint density at radius 2 is 1.53 bits per heavy atom. The molecule has 0 fully saturated rings. The average molecular weight is 206 g/mol. The predicted molar refractivity (Wildman–Crippen MR) is 60.5 cm³/mol. The smallest absolute Gasteiger partial charge is 0.173 e. The van der Waals surface area contributed by atoms with E-state index in [4.69, 9.17) is 0 Å². The van der Waals surface area contributed by atoms with Crippen molar-refractivity contribution < 1.29 is 9.90 Å². The quantitative estimate of drug-likeness (QED) is 0.807. The summed E-state index contributed by atoms with van der Waals surface area (Å²) in [4.78, 5) is 12.0. The van der Waals surface area contributed by atoms with Crippen molar-refractivity contribution in [3.63, 3.8) is 0 Å². The van der Waals surface area contributed by atoms with E-state index >= 15 is 0 Å². The number of carbonyl (C=O) groups excluding carboxylic acids is 1. The Morgan fingerprint density at radius 3 is 1.93 bits per heavy atom. The van der Waals surface area contributed by atoms with E-state index in [0.717, 1.165) is 0 Å². The molecule has 2 heteroatoms. The Hall–Kier alpha value is -1.15. The Kier molecular flexibility index (Phi) is 3.00. The van der Waals surface area contributed by atoms with Gasteiger partial charge in [-0.3, -0.25) is 4.79 Å². The van der Waals surface area contributed by atoms with Gasteiger partial charge in [0.15, 0.2) is 5.78 Å². The second kappa shape index (κ2) is 3.78. The van der Waals surface area contributed by atoms with E-state index in [2.05, 4.69) is 0 Å². The maximum absolute atomic E-state index is 12.0. The van der Waals surface area contributed by atoms with Crippen LogP contribution in [-0.4, -0.2) is 10.9 Å². The number of ketones is 1. The van der Waals surface area contributed by atoms with Gasteiger partial charge in [0.25, 0.3) is 0 Å². The number of rotatable bonds is 2. The fraction of sp³-hybridized carbons (Fsp3) is 0.462. The molecule has 0 amide bonds. The minimum absolute atomic E-state index is 0.166. The second-order valence-corrected chi connectivity index (χ2v) is 5.02. The van der Waals surface area contributed by atoms with Crippen LogP contribution in [0.1, 0.15) is 33.3 Å². The van der Waals surface area contributed by atoms with Crippen LogP contribution in [0.2, 0.25) is 0 Å². The molecule has 0 unspecified atom stereocenters. The van der Waals surface area contributed by atoms with Crippen molar-refractivity contribution >= 4 is 5.78 Å². The molecule has 0 radical (unpaired) electrons. The van der Waals surface area contributed by atoms with Crippen molar-refractivity contribution in [2.45, 2.75) is 33.3 Å². The van der Waals surface area contributed by atoms with Crippen molar-refractivity contribution in [3.8, 4) is 0 Å². The zero-order valence-electron chi connectivity index (χ0n) is 9.74. The molecular formula is C13H18O2. The standard InChI is InChI=1S/C13H18O2/c1-12(2,3)11(14)13(4,15)10-8-6-5-7-9-10/h5-9,15H,1-4H3/t13-/m0/s1. The summed E-state index contributed by atoms with van der Waals surface area (Å²) >= 11 is 0. The molecule has 82 valence electrons. The first-order chi connectivity index (χ1) is 6.76. The largest absolute Gasteiger partial charge is 0.378 e. The molecule has 1 aromatic rings. The van der Waals surface area contributed by atoms with Crippen LogP contribution in [0.4, 0.5) is 0 Å². The summed E-state index contributed by atoms with van der Waals surface area (Å²) < 4.78 is 0. The van der Waals surface area contributed by atoms with Crippen molar-refractivity contribution in [2.75, 3.05) is 0 Å². The molecule has 1 rings (SSSR count). The first-order valence-electron chi connectivity index (χ1n) is 5.09. The maximum atomic E-state index is 12.0. The van der Waals surface area contributed by atoms with E-state index in [9.17, 15) is 9.90 Å². The van der Waals surface area contributed by atoms with Gasteiger partial charge in [0.2, 0.25) is 0 Å². The minimum Gasteiger partial charge on any atom is -0.378 e. The first kappa shape index (κ1) is 11.9. The summed E-state index contributed by atoms with van der Waals surface area (Å²) in [5.74, 6) is -0.166. The molecule has 2 nitrogen and oxygen atoms in total. The number of aliphatic hydroxyl groups is 1. The Balaban J connectivity index is 3.09. The molecule has 0 saturated heterocycles. The van der Waals surface area contributed by atoms with Crippen molar-refractivity contribution in [3.05, 3.63) is 35.9 Å². The van der Waals surface area contributed by atoms with Crippen molar-refractivity contribution in [1.29, 1.82) is 0 Å². The van der Waals surface area contributed by atoms with Crippen LogP contribution in [0.3, 0.4) is 0 Å². The lowest BCUT2D eigenvalue weighted by atomic mass is 9.78. The van der Waals surface area contributed by atoms with Gasteiger partial charge in [0, 0.05) is 5.41 Å². The molecule has 1 N–H and O–H groups in total. The van der Waals surface area contributed by atoms with E-state index in [1.54, 1.807) is 19.1 Å². The number of Topliss-reactive ketones (excluding diaryl/α,β-unsaturated/α-hetero) is 1. The van der Waals surface area contributed by atoms with Crippen LogP contribution in [0, 0.1) is 5.41 Å². The molecule has 0 bridgehead atoms. The third kappa shape index (κ3) is 2.45.